The van der Waals surface area contributed by atoms with Crippen LogP contribution in [0.4, 0.5) is 0 Å². The topological polar surface area (TPSA) is 46.5 Å². The molecule has 0 atom stereocenters. The third-order valence-electron chi connectivity index (χ3n) is 1.09. The second-order valence-electron chi connectivity index (χ2n) is 2.26. The molecule has 0 spiro atoms. The smallest absolute Gasteiger partial charge is 0.335 e. The fraction of sp³-hybridized carbons (Fsp3) is 0.222. The highest BCUT2D eigenvalue weighted by atomic mass is 32.1. The number of methoxy groups -OCH3 is 1. The molecule has 0 bridgehead atoms. The van der Waals surface area contributed by atoms with Crippen LogP contribution in [0.2, 0.25) is 0 Å². The Morgan fingerprint density at radius 2 is 2.00 bits per heavy atom. The Labute approximate surface area is 82.8 Å². The molecule has 13 heavy (non-hydrogen) atoms. The van der Waals surface area contributed by atoms with Gasteiger partial charge in [0, 0.05) is 19.1 Å². The molecule has 0 radical (unpaired) electrons. The van der Waals surface area contributed by atoms with E-state index in [-0.39, 0.29) is 5.56 Å². The van der Waals surface area contributed by atoms with Crippen molar-refractivity contribution in [1.82, 2.24) is 0 Å². The van der Waals surface area contributed by atoms with Gasteiger partial charge < -0.3 is 9.84 Å². The lowest BCUT2D eigenvalue weighted by Crippen LogP contribution is -1.94. The van der Waals surface area contributed by atoms with E-state index in [9.17, 15) is 4.79 Å². The highest BCUT2D eigenvalue weighted by Crippen LogP contribution is 2.07. The summed E-state index contributed by atoms with van der Waals surface area (Å²) in [5, 5.41) is 8.48. The van der Waals surface area contributed by atoms with Crippen molar-refractivity contribution in [2.75, 3.05) is 14.2 Å². The number of carbonyl (C=O) groups is 1. The van der Waals surface area contributed by atoms with E-state index in [1.54, 1.807) is 26.4 Å². The molecule has 0 aromatic heterocycles. The van der Waals surface area contributed by atoms with Crippen molar-refractivity contribution in [1.29, 1.82) is 0 Å². The van der Waals surface area contributed by atoms with E-state index in [1.807, 2.05) is 0 Å². The first-order valence-electron chi connectivity index (χ1n) is 3.54. The fourth-order valence-corrected chi connectivity index (χ4v) is 0.864. The normalized spacial score (nSPS) is 8.54. The summed E-state index contributed by atoms with van der Waals surface area (Å²) in [6, 6.07) is 6.43. The van der Waals surface area contributed by atoms with Crippen LogP contribution in [0.5, 0.6) is 0 Å². The van der Waals surface area contributed by atoms with Crippen molar-refractivity contribution in [2.45, 2.75) is 4.90 Å². The number of thiol groups is 1. The molecular formula is C9H12O3S. The van der Waals surface area contributed by atoms with Crippen LogP contribution in [0.15, 0.2) is 29.2 Å². The first-order chi connectivity index (χ1) is 6.11. The van der Waals surface area contributed by atoms with Crippen LogP contribution in [0.3, 0.4) is 0 Å². The van der Waals surface area contributed by atoms with E-state index < -0.39 is 5.97 Å². The Hall–Kier alpha value is -1.00. The molecule has 0 fully saturated rings. The van der Waals surface area contributed by atoms with Crippen LogP contribution in [-0.2, 0) is 4.74 Å². The minimum absolute atomic E-state index is 0.271. The summed E-state index contributed by atoms with van der Waals surface area (Å²) < 4.78 is 4.25. The highest BCUT2D eigenvalue weighted by Gasteiger charge is 1.99. The maximum Gasteiger partial charge on any atom is 0.335 e. The number of benzene rings is 1. The molecule has 0 aliphatic rings. The minimum atomic E-state index is -0.920. The van der Waals surface area contributed by atoms with E-state index in [0.717, 1.165) is 0 Å². The number of hydrogen-bond acceptors (Lipinski definition) is 3. The predicted molar refractivity (Wildman–Crippen MR) is 53.6 cm³/mol. The van der Waals surface area contributed by atoms with Crippen molar-refractivity contribution in [3.63, 3.8) is 0 Å². The van der Waals surface area contributed by atoms with Gasteiger partial charge in [0.1, 0.15) is 0 Å². The van der Waals surface area contributed by atoms with Gasteiger partial charge in [-0.3, -0.25) is 0 Å². The molecule has 0 saturated carbocycles. The van der Waals surface area contributed by atoms with E-state index in [1.165, 1.54) is 12.1 Å². The first kappa shape index (κ1) is 12.0. The molecule has 0 amide bonds. The van der Waals surface area contributed by atoms with Crippen molar-refractivity contribution in [2.24, 2.45) is 0 Å². The summed E-state index contributed by atoms with van der Waals surface area (Å²) in [4.78, 5) is 11.0. The molecule has 1 N–H and O–H groups in total. The van der Waals surface area contributed by atoms with Gasteiger partial charge in [0.25, 0.3) is 0 Å². The summed E-state index contributed by atoms with van der Waals surface area (Å²) >= 11 is 3.99. The number of carboxylic acids is 1. The maximum atomic E-state index is 10.3. The molecule has 3 nitrogen and oxygen atoms in total. The summed E-state index contributed by atoms with van der Waals surface area (Å²) in [5.74, 6) is -0.920. The third-order valence-corrected chi connectivity index (χ3v) is 1.37. The van der Waals surface area contributed by atoms with Crippen molar-refractivity contribution in [3.05, 3.63) is 29.8 Å². The minimum Gasteiger partial charge on any atom is -0.478 e. The lowest BCUT2D eigenvalue weighted by atomic mass is 10.2. The van der Waals surface area contributed by atoms with Gasteiger partial charge in [0.05, 0.1) is 5.56 Å². The molecule has 0 unspecified atom stereocenters. The average molecular weight is 200 g/mol. The summed E-state index contributed by atoms with van der Waals surface area (Å²) in [7, 11) is 3.25. The van der Waals surface area contributed by atoms with Gasteiger partial charge in [-0.1, -0.05) is 6.07 Å². The van der Waals surface area contributed by atoms with Crippen molar-refractivity contribution in [3.8, 4) is 0 Å². The molecule has 0 aliphatic carbocycles. The predicted octanol–water partition coefficient (Wildman–Crippen LogP) is 1.94. The van der Waals surface area contributed by atoms with Crippen molar-refractivity contribution < 1.29 is 14.6 Å². The molecule has 0 saturated heterocycles. The molecule has 1 aromatic carbocycles. The molecule has 0 aliphatic heterocycles. The van der Waals surface area contributed by atoms with Gasteiger partial charge in [-0.15, -0.1) is 12.6 Å². The van der Waals surface area contributed by atoms with Crippen LogP contribution in [0.25, 0.3) is 0 Å². The zero-order valence-electron chi connectivity index (χ0n) is 7.52. The van der Waals surface area contributed by atoms with Crippen LogP contribution < -0.4 is 0 Å². The van der Waals surface area contributed by atoms with Gasteiger partial charge in [0.15, 0.2) is 0 Å². The Bertz CT molecular complexity index is 273. The lowest BCUT2D eigenvalue weighted by Gasteiger charge is -1.92. The second kappa shape index (κ2) is 6.51. The quantitative estimate of drug-likeness (QED) is 0.681. The lowest BCUT2D eigenvalue weighted by molar-refractivity contribution is 0.0696. The second-order valence-corrected chi connectivity index (χ2v) is 2.78. The van der Waals surface area contributed by atoms with E-state index in [0.29, 0.717) is 4.90 Å². The van der Waals surface area contributed by atoms with E-state index >= 15 is 0 Å². The molecular weight excluding hydrogens is 188 g/mol. The number of carboxylic acid groups (broad SMARTS) is 1. The van der Waals surface area contributed by atoms with Gasteiger partial charge in [-0.2, -0.15) is 0 Å². The van der Waals surface area contributed by atoms with E-state index in [4.69, 9.17) is 5.11 Å². The first-order valence-corrected chi connectivity index (χ1v) is 3.99. The van der Waals surface area contributed by atoms with Crippen LogP contribution >= 0.6 is 12.6 Å². The Morgan fingerprint density at radius 1 is 1.46 bits per heavy atom. The Balaban J connectivity index is 0.000000424. The molecule has 1 aromatic rings. The molecule has 0 heterocycles. The molecule has 1 rings (SSSR count). The van der Waals surface area contributed by atoms with Gasteiger partial charge in [-0.25, -0.2) is 4.79 Å². The monoisotopic (exact) mass is 200 g/mol. The molecule has 4 heteroatoms. The standard InChI is InChI=1S/C7H6O2S.C2H6O/c8-7(9)5-2-1-3-6(10)4-5;1-3-2/h1-4,10H,(H,8,9);1-2H3. The van der Waals surface area contributed by atoms with Gasteiger partial charge in [0.2, 0.25) is 0 Å². The number of ether oxygens (including phenoxy) is 1. The summed E-state index contributed by atoms with van der Waals surface area (Å²) in [5.41, 5.74) is 0.271. The van der Waals surface area contributed by atoms with Crippen LogP contribution in [-0.4, -0.2) is 25.3 Å². The molecule has 72 valence electrons. The van der Waals surface area contributed by atoms with Gasteiger partial charge >= 0.3 is 5.97 Å². The zero-order chi connectivity index (χ0) is 10.3. The van der Waals surface area contributed by atoms with Crippen molar-refractivity contribution >= 4 is 18.6 Å². The van der Waals surface area contributed by atoms with Crippen LogP contribution in [0.1, 0.15) is 10.4 Å². The third kappa shape index (κ3) is 5.27. The largest absolute Gasteiger partial charge is 0.478 e. The number of rotatable bonds is 1. The van der Waals surface area contributed by atoms with Crippen LogP contribution in [0, 0.1) is 0 Å². The highest BCUT2D eigenvalue weighted by molar-refractivity contribution is 7.80. The van der Waals surface area contributed by atoms with E-state index in [2.05, 4.69) is 17.4 Å². The number of aromatic carboxylic acids is 1. The average Bonchev–Trinajstić information content (AvgIpc) is 2.05. The summed E-state index contributed by atoms with van der Waals surface area (Å²) in [6.07, 6.45) is 0. The summed E-state index contributed by atoms with van der Waals surface area (Å²) in [6.45, 7) is 0. The van der Waals surface area contributed by atoms with Gasteiger partial charge in [-0.05, 0) is 18.2 Å². The SMILES string of the molecule is COC.O=C(O)c1cccc(S)c1. The zero-order valence-corrected chi connectivity index (χ0v) is 8.41. The maximum absolute atomic E-state index is 10.3. The Kier molecular flexibility index (Phi) is 6.01. The Morgan fingerprint density at radius 3 is 2.31 bits per heavy atom. The fourth-order valence-electron chi connectivity index (χ4n) is 0.639. The number of hydrogen-bond donors (Lipinski definition) is 2.